The summed E-state index contributed by atoms with van der Waals surface area (Å²) in [7, 11) is 0. The highest BCUT2D eigenvalue weighted by molar-refractivity contribution is 5.78. The minimum atomic E-state index is 0.0378. The Bertz CT molecular complexity index is 442. The summed E-state index contributed by atoms with van der Waals surface area (Å²) in [4.78, 5) is 23.6. The van der Waals surface area contributed by atoms with Crippen LogP contribution in [-0.4, -0.2) is 11.8 Å². The number of carbonyl (C=O) groups is 2. The van der Waals surface area contributed by atoms with Crippen LogP contribution in [0.5, 0.6) is 0 Å². The van der Waals surface area contributed by atoms with Crippen LogP contribution in [0.4, 0.5) is 0 Å². The molecule has 32 heavy (non-hydrogen) atoms. The minimum absolute atomic E-state index is 0.0378. The van der Waals surface area contributed by atoms with Gasteiger partial charge in [-0.15, -0.1) is 0 Å². The summed E-state index contributed by atoms with van der Waals surface area (Å²) < 4.78 is 0. The van der Waals surface area contributed by atoms with E-state index >= 15 is 0 Å². The number of unbranched alkanes of at least 4 members (excludes halogenated alkanes) is 15. The van der Waals surface area contributed by atoms with Gasteiger partial charge in [-0.25, -0.2) is 0 Å². The first kappa shape index (κ1) is 30.4. The monoisotopic (exact) mass is 448 g/mol. The SMILES string of the molecule is CCCCCCCCC/C=C/NC(=O)CCCCC(=O)N/C=C/CCCCCCCCC. The lowest BCUT2D eigenvalue weighted by atomic mass is 10.1. The zero-order chi connectivity index (χ0) is 23.5. The molecule has 0 saturated heterocycles. The summed E-state index contributed by atoms with van der Waals surface area (Å²) in [5.41, 5.74) is 0. The Morgan fingerprint density at radius 2 is 0.844 bits per heavy atom. The molecule has 0 rings (SSSR count). The minimum Gasteiger partial charge on any atom is -0.333 e. The van der Waals surface area contributed by atoms with Gasteiger partial charge in [0, 0.05) is 12.8 Å². The third-order valence-corrected chi connectivity index (χ3v) is 5.73. The lowest BCUT2D eigenvalue weighted by Crippen LogP contribution is -2.18. The third kappa shape index (κ3) is 24.7. The van der Waals surface area contributed by atoms with Crippen molar-refractivity contribution in [2.45, 2.75) is 142 Å². The van der Waals surface area contributed by atoms with E-state index in [4.69, 9.17) is 0 Å². The molecule has 4 heteroatoms. The fourth-order valence-corrected chi connectivity index (χ4v) is 3.62. The number of nitrogens with one attached hydrogen (secondary N) is 2. The van der Waals surface area contributed by atoms with E-state index in [9.17, 15) is 9.59 Å². The van der Waals surface area contributed by atoms with Crippen LogP contribution in [0, 0.1) is 0 Å². The molecular formula is C28H52N2O2. The van der Waals surface area contributed by atoms with Gasteiger partial charge < -0.3 is 10.6 Å². The molecule has 2 N–H and O–H groups in total. The summed E-state index contributed by atoms with van der Waals surface area (Å²) in [6.07, 6.45) is 30.5. The van der Waals surface area contributed by atoms with E-state index in [0.29, 0.717) is 12.8 Å². The highest BCUT2D eigenvalue weighted by atomic mass is 16.2. The van der Waals surface area contributed by atoms with Crippen molar-refractivity contribution >= 4 is 11.8 Å². The molecule has 0 bridgehead atoms. The third-order valence-electron chi connectivity index (χ3n) is 5.73. The molecule has 2 amide bonds. The second-order valence-electron chi connectivity index (χ2n) is 8.97. The van der Waals surface area contributed by atoms with Crippen LogP contribution in [0.1, 0.15) is 142 Å². The molecule has 0 fully saturated rings. The first-order valence-corrected chi connectivity index (χ1v) is 13.6. The van der Waals surface area contributed by atoms with Gasteiger partial charge in [0.15, 0.2) is 0 Å². The second-order valence-corrected chi connectivity index (χ2v) is 8.97. The van der Waals surface area contributed by atoms with E-state index in [1.807, 2.05) is 0 Å². The quantitative estimate of drug-likeness (QED) is 0.155. The molecule has 0 aliphatic rings. The average Bonchev–Trinajstić information content (AvgIpc) is 2.79. The predicted molar refractivity (Wildman–Crippen MR) is 138 cm³/mol. The Balaban J connectivity index is 3.44. The Labute approximate surface area is 199 Å². The Morgan fingerprint density at radius 3 is 1.22 bits per heavy atom. The zero-order valence-electron chi connectivity index (χ0n) is 21.3. The fraction of sp³-hybridized carbons (Fsp3) is 0.786. The first-order valence-electron chi connectivity index (χ1n) is 13.6. The molecule has 0 radical (unpaired) electrons. The summed E-state index contributed by atoms with van der Waals surface area (Å²) in [5, 5.41) is 5.66. The molecule has 0 aliphatic carbocycles. The van der Waals surface area contributed by atoms with Crippen molar-refractivity contribution in [2.24, 2.45) is 0 Å². The van der Waals surface area contributed by atoms with Crippen LogP contribution in [0.2, 0.25) is 0 Å². The molecule has 0 aromatic rings. The molecule has 0 spiro atoms. The second kappa shape index (κ2) is 25.7. The number of rotatable bonds is 23. The maximum absolute atomic E-state index is 11.8. The Morgan fingerprint density at radius 1 is 0.500 bits per heavy atom. The number of hydrogen-bond donors (Lipinski definition) is 2. The number of amides is 2. The molecule has 0 saturated carbocycles. The molecule has 4 nitrogen and oxygen atoms in total. The molecule has 0 aliphatic heterocycles. The van der Waals surface area contributed by atoms with Gasteiger partial charge in [-0.1, -0.05) is 103 Å². The van der Waals surface area contributed by atoms with Crippen LogP contribution in [0.25, 0.3) is 0 Å². The van der Waals surface area contributed by atoms with Crippen LogP contribution in [0.3, 0.4) is 0 Å². The Hall–Kier alpha value is -1.58. The van der Waals surface area contributed by atoms with Gasteiger partial charge in [0.1, 0.15) is 0 Å². The van der Waals surface area contributed by atoms with Crippen LogP contribution < -0.4 is 10.6 Å². The topological polar surface area (TPSA) is 58.2 Å². The summed E-state index contributed by atoms with van der Waals surface area (Å²) in [5.74, 6) is 0.0756. The fourth-order valence-electron chi connectivity index (χ4n) is 3.62. The van der Waals surface area contributed by atoms with E-state index in [1.54, 1.807) is 12.4 Å². The van der Waals surface area contributed by atoms with E-state index in [0.717, 1.165) is 25.7 Å². The molecule has 0 heterocycles. The van der Waals surface area contributed by atoms with Crippen LogP contribution in [-0.2, 0) is 9.59 Å². The van der Waals surface area contributed by atoms with E-state index in [1.165, 1.54) is 89.9 Å². The smallest absolute Gasteiger partial charge is 0.223 e. The van der Waals surface area contributed by atoms with Gasteiger partial charge >= 0.3 is 0 Å². The standard InChI is InChI=1S/C28H52N2O2/c1-3-5-7-9-11-13-15-17-21-25-29-27(31)23-19-20-24-28(32)30-26-22-18-16-14-12-10-8-6-4-2/h21-22,25-26H,3-20,23-24H2,1-2H3,(H,29,31)(H,30,32)/b25-21+,26-22+. The van der Waals surface area contributed by atoms with Crippen molar-refractivity contribution in [3.8, 4) is 0 Å². The normalized spacial score (nSPS) is 11.4. The lowest BCUT2D eigenvalue weighted by molar-refractivity contribution is -0.122. The van der Waals surface area contributed by atoms with E-state index in [2.05, 4.69) is 36.6 Å². The van der Waals surface area contributed by atoms with Crippen molar-refractivity contribution in [3.63, 3.8) is 0 Å². The number of carbonyl (C=O) groups excluding carboxylic acids is 2. The maximum Gasteiger partial charge on any atom is 0.223 e. The Kier molecular flexibility index (Phi) is 24.4. The van der Waals surface area contributed by atoms with Gasteiger partial charge in [-0.2, -0.15) is 0 Å². The van der Waals surface area contributed by atoms with E-state index in [-0.39, 0.29) is 11.8 Å². The van der Waals surface area contributed by atoms with Crippen LogP contribution in [0.15, 0.2) is 24.6 Å². The first-order chi connectivity index (χ1) is 15.7. The summed E-state index contributed by atoms with van der Waals surface area (Å²) >= 11 is 0. The van der Waals surface area contributed by atoms with Gasteiger partial charge in [-0.3, -0.25) is 9.59 Å². The molecule has 0 aromatic heterocycles. The highest BCUT2D eigenvalue weighted by Gasteiger charge is 2.02. The number of allylic oxidation sites excluding steroid dienone is 2. The predicted octanol–water partition coefficient (Wildman–Crippen LogP) is 8.09. The van der Waals surface area contributed by atoms with Crippen LogP contribution >= 0.6 is 0 Å². The summed E-state index contributed by atoms with van der Waals surface area (Å²) in [6, 6.07) is 0. The molecular weight excluding hydrogens is 396 g/mol. The van der Waals surface area contributed by atoms with Crippen molar-refractivity contribution < 1.29 is 9.59 Å². The van der Waals surface area contributed by atoms with Gasteiger partial charge in [0.25, 0.3) is 0 Å². The van der Waals surface area contributed by atoms with Crippen molar-refractivity contribution in [1.82, 2.24) is 10.6 Å². The molecule has 0 unspecified atom stereocenters. The molecule has 186 valence electrons. The lowest BCUT2D eigenvalue weighted by Gasteiger charge is -2.02. The van der Waals surface area contributed by atoms with Crippen molar-refractivity contribution in [1.29, 1.82) is 0 Å². The van der Waals surface area contributed by atoms with Gasteiger partial charge in [0.2, 0.25) is 11.8 Å². The highest BCUT2D eigenvalue weighted by Crippen LogP contribution is 2.09. The zero-order valence-corrected chi connectivity index (χ0v) is 21.3. The van der Waals surface area contributed by atoms with Crippen molar-refractivity contribution in [3.05, 3.63) is 24.6 Å². The van der Waals surface area contributed by atoms with Gasteiger partial charge in [-0.05, 0) is 50.9 Å². The average molecular weight is 449 g/mol. The molecule has 0 atom stereocenters. The molecule has 0 aromatic carbocycles. The van der Waals surface area contributed by atoms with Crippen molar-refractivity contribution in [2.75, 3.05) is 0 Å². The maximum atomic E-state index is 11.8. The number of hydrogen-bond acceptors (Lipinski definition) is 2. The van der Waals surface area contributed by atoms with Gasteiger partial charge in [0.05, 0.1) is 0 Å². The van der Waals surface area contributed by atoms with E-state index < -0.39 is 0 Å². The summed E-state index contributed by atoms with van der Waals surface area (Å²) in [6.45, 7) is 4.49. The largest absolute Gasteiger partial charge is 0.333 e.